The Bertz CT molecular complexity index is 651. The molecule has 0 saturated carbocycles. The zero-order valence-electron chi connectivity index (χ0n) is 14.6. The average Bonchev–Trinajstić information content (AvgIpc) is 2.56. The van der Waals surface area contributed by atoms with Crippen molar-refractivity contribution >= 4 is 5.97 Å². The average molecular weight is 327 g/mol. The number of carboxylic acid groups (broad SMARTS) is 1. The molecule has 0 bridgehead atoms. The summed E-state index contributed by atoms with van der Waals surface area (Å²) in [4.78, 5) is 21.3. The Balaban J connectivity index is 2.04. The van der Waals surface area contributed by atoms with Crippen molar-refractivity contribution in [1.29, 1.82) is 0 Å². The van der Waals surface area contributed by atoms with Crippen LogP contribution >= 0.6 is 0 Å². The van der Waals surface area contributed by atoms with Gasteiger partial charge in [0.1, 0.15) is 0 Å². The summed E-state index contributed by atoms with van der Waals surface area (Å²) < 4.78 is 0. The van der Waals surface area contributed by atoms with Crippen LogP contribution in [-0.4, -0.2) is 32.5 Å². The molecule has 0 unspecified atom stereocenters. The minimum atomic E-state index is -1.05. The number of aromatic nitrogens is 2. The van der Waals surface area contributed by atoms with Gasteiger partial charge in [-0.1, -0.05) is 45.0 Å². The van der Waals surface area contributed by atoms with Gasteiger partial charge in [0.2, 0.25) is 0 Å². The minimum Gasteiger partial charge on any atom is -0.476 e. The topological polar surface area (TPSA) is 66.3 Å². The summed E-state index contributed by atoms with van der Waals surface area (Å²) in [5, 5.41) is 8.89. The summed E-state index contributed by atoms with van der Waals surface area (Å²) in [5.41, 5.74) is 3.37. The van der Waals surface area contributed by atoms with E-state index in [2.05, 4.69) is 59.9 Å². The lowest BCUT2D eigenvalue weighted by atomic mass is 10.0. The quantitative estimate of drug-likeness (QED) is 0.800. The Labute approximate surface area is 143 Å². The van der Waals surface area contributed by atoms with Crippen LogP contribution in [0.1, 0.15) is 60.4 Å². The lowest BCUT2D eigenvalue weighted by Gasteiger charge is -2.21. The van der Waals surface area contributed by atoms with Crippen LogP contribution in [0.15, 0.2) is 36.7 Å². The van der Waals surface area contributed by atoms with E-state index in [0.29, 0.717) is 12.5 Å². The third-order valence-corrected chi connectivity index (χ3v) is 3.90. The Hall–Kier alpha value is -2.27. The fraction of sp³-hybridized carbons (Fsp3) is 0.421. The lowest BCUT2D eigenvalue weighted by molar-refractivity contribution is 0.0690. The summed E-state index contributed by atoms with van der Waals surface area (Å²) in [6, 6.07) is 8.73. The van der Waals surface area contributed by atoms with Crippen LogP contribution in [0.4, 0.5) is 0 Å². The van der Waals surface area contributed by atoms with E-state index in [9.17, 15) is 4.79 Å². The van der Waals surface area contributed by atoms with E-state index in [0.717, 1.165) is 25.2 Å². The van der Waals surface area contributed by atoms with E-state index in [1.165, 1.54) is 17.3 Å². The third-order valence-electron chi connectivity index (χ3n) is 3.90. The number of carbonyl (C=O) groups is 1. The molecule has 0 amide bonds. The van der Waals surface area contributed by atoms with E-state index in [-0.39, 0.29) is 5.69 Å². The number of aromatic carboxylic acids is 1. The molecule has 0 saturated heterocycles. The zero-order chi connectivity index (χ0) is 17.5. The Kier molecular flexibility index (Phi) is 6.44. The molecule has 1 aromatic carbocycles. The molecule has 24 heavy (non-hydrogen) atoms. The van der Waals surface area contributed by atoms with Crippen molar-refractivity contribution in [2.75, 3.05) is 6.54 Å². The maximum absolute atomic E-state index is 10.8. The van der Waals surface area contributed by atoms with Gasteiger partial charge in [-0.2, -0.15) is 0 Å². The van der Waals surface area contributed by atoms with E-state index >= 15 is 0 Å². The summed E-state index contributed by atoms with van der Waals surface area (Å²) in [6.07, 6.45) is 3.91. The molecule has 0 aliphatic rings. The Morgan fingerprint density at radius 3 is 2.33 bits per heavy atom. The number of nitrogens with zero attached hydrogens (tertiary/aromatic N) is 3. The molecule has 0 aliphatic carbocycles. The summed E-state index contributed by atoms with van der Waals surface area (Å²) in [6.45, 7) is 8.99. The molecule has 5 nitrogen and oxygen atoms in total. The standard InChI is InChI=1S/C19H25N3O2/c1-4-9-22(12-15-5-7-16(8-6-15)14(2)3)13-17-10-21-18(11-20-17)19(23)24/h5-8,10-11,14H,4,9,12-13H2,1-3H3,(H,23,24). The fourth-order valence-corrected chi connectivity index (χ4v) is 2.57. The van der Waals surface area contributed by atoms with Crippen molar-refractivity contribution in [3.63, 3.8) is 0 Å². The van der Waals surface area contributed by atoms with Crippen molar-refractivity contribution in [2.24, 2.45) is 0 Å². The third kappa shape index (κ3) is 5.13. The molecule has 128 valence electrons. The van der Waals surface area contributed by atoms with Gasteiger partial charge < -0.3 is 5.11 Å². The molecule has 2 aromatic rings. The van der Waals surface area contributed by atoms with Crippen molar-refractivity contribution in [1.82, 2.24) is 14.9 Å². The van der Waals surface area contributed by atoms with Crippen molar-refractivity contribution in [2.45, 2.75) is 46.2 Å². The Morgan fingerprint density at radius 2 is 1.83 bits per heavy atom. The largest absolute Gasteiger partial charge is 0.476 e. The van der Waals surface area contributed by atoms with Gasteiger partial charge in [0.25, 0.3) is 0 Å². The maximum atomic E-state index is 10.8. The number of carboxylic acids is 1. The van der Waals surface area contributed by atoms with Crippen molar-refractivity contribution < 1.29 is 9.90 Å². The summed E-state index contributed by atoms with van der Waals surface area (Å²) >= 11 is 0. The minimum absolute atomic E-state index is 0.0231. The van der Waals surface area contributed by atoms with E-state index in [4.69, 9.17) is 5.11 Å². The van der Waals surface area contributed by atoms with Gasteiger partial charge in [0.15, 0.2) is 5.69 Å². The van der Waals surface area contributed by atoms with Gasteiger partial charge in [0, 0.05) is 13.1 Å². The molecular formula is C19H25N3O2. The zero-order valence-corrected chi connectivity index (χ0v) is 14.6. The first kappa shape index (κ1) is 18.1. The summed E-state index contributed by atoms with van der Waals surface area (Å²) in [7, 11) is 0. The van der Waals surface area contributed by atoms with E-state index in [1.807, 2.05) is 0 Å². The molecule has 0 radical (unpaired) electrons. The molecule has 1 N–H and O–H groups in total. The molecule has 2 rings (SSSR count). The molecular weight excluding hydrogens is 302 g/mol. The van der Waals surface area contributed by atoms with Gasteiger partial charge in [-0.05, 0) is 30.0 Å². The van der Waals surface area contributed by atoms with Crippen LogP contribution in [0.25, 0.3) is 0 Å². The van der Waals surface area contributed by atoms with Gasteiger partial charge >= 0.3 is 5.97 Å². The predicted octanol–water partition coefficient (Wildman–Crippen LogP) is 3.71. The highest BCUT2D eigenvalue weighted by Gasteiger charge is 2.10. The van der Waals surface area contributed by atoms with Crippen LogP contribution in [0, 0.1) is 0 Å². The first-order valence-corrected chi connectivity index (χ1v) is 8.35. The van der Waals surface area contributed by atoms with Crippen LogP contribution in [0.3, 0.4) is 0 Å². The van der Waals surface area contributed by atoms with Gasteiger partial charge in [-0.15, -0.1) is 0 Å². The molecule has 0 spiro atoms. The van der Waals surface area contributed by atoms with E-state index < -0.39 is 5.97 Å². The van der Waals surface area contributed by atoms with Crippen LogP contribution in [0.5, 0.6) is 0 Å². The van der Waals surface area contributed by atoms with Crippen LogP contribution < -0.4 is 0 Å². The first-order valence-electron chi connectivity index (χ1n) is 8.35. The fourth-order valence-electron chi connectivity index (χ4n) is 2.57. The first-order chi connectivity index (χ1) is 11.5. The molecule has 0 atom stereocenters. The second-order valence-electron chi connectivity index (χ2n) is 6.31. The molecule has 1 heterocycles. The van der Waals surface area contributed by atoms with Crippen molar-refractivity contribution in [3.05, 3.63) is 59.2 Å². The molecule has 5 heteroatoms. The normalized spacial score (nSPS) is 11.2. The molecule has 1 aromatic heterocycles. The van der Waals surface area contributed by atoms with Crippen molar-refractivity contribution in [3.8, 4) is 0 Å². The van der Waals surface area contributed by atoms with Crippen LogP contribution in [0.2, 0.25) is 0 Å². The van der Waals surface area contributed by atoms with Gasteiger partial charge in [-0.3, -0.25) is 9.88 Å². The second kappa shape index (κ2) is 8.55. The van der Waals surface area contributed by atoms with Gasteiger partial charge in [-0.25, -0.2) is 9.78 Å². The number of hydrogen-bond acceptors (Lipinski definition) is 4. The monoisotopic (exact) mass is 327 g/mol. The highest BCUT2D eigenvalue weighted by molar-refractivity contribution is 5.84. The number of hydrogen-bond donors (Lipinski definition) is 1. The summed E-state index contributed by atoms with van der Waals surface area (Å²) in [5.74, 6) is -0.515. The van der Waals surface area contributed by atoms with Gasteiger partial charge in [0.05, 0.1) is 18.1 Å². The van der Waals surface area contributed by atoms with Crippen LogP contribution in [-0.2, 0) is 13.1 Å². The van der Waals surface area contributed by atoms with E-state index in [1.54, 1.807) is 6.20 Å². The highest BCUT2D eigenvalue weighted by atomic mass is 16.4. The SMILES string of the molecule is CCCN(Cc1ccc(C(C)C)cc1)Cc1cnc(C(=O)O)cn1. The lowest BCUT2D eigenvalue weighted by Crippen LogP contribution is -2.24. The maximum Gasteiger partial charge on any atom is 0.356 e. The predicted molar refractivity (Wildman–Crippen MR) is 93.9 cm³/mol. The second-order valence-corrected chi connectivity index (χ2v) is 6.31. The number of benzene rings is 1. The Morgan fingerprint density at radius 1 is 1.12 bits per heavy atom. The molecule has 0 aliphatic heterocycles. The number of rotatable bonds is 8. The smallest absolute Gasteiger partial charge is 0.356 e. The highest BCUT2D eigenvalue weighted by Crippen LogP contribution is 2.16. The molecule has 0 fully saturated rings.